The number of likely N-dealkylation sites (tertiary alicyclic amines) is 1. The summed E-state index contributed by atoms with van der Waals surface area (Å²) in [5.41, 5.74) is 13.2. The van der Waals surface area contributed by atoms with Crippen LogP contribution >= 0.6 is 0 Å². The molecule has 26 heavy (non-hydrogen) atoms. The fraction of sp³-hybridized carbons (Fsp3) is 0.316. The highest BCUT2D eigenvalue weighted by Crippen LogP contribution is 2.23. The molecule has 1 fully saturated rings. The van der Waals surface area contributed by atoms with E-state index in [0.717, 1.165) is 31.5 Å². The summed E-state index contributed by atoms with van der Waals surface area (Å²) >= 11 is 0. The Hall–Kier alpha value is -2.93. The fourth-order valence-corrected chi connectivity index (χ4v) is 3.09. The highest BCUT2D eigenvalue weighted by atomic mass is 16.2. The van der Waals surface area contributed by atoms with Crippen LogP contribution in [0.5, 0.6) is 0 Å². The Bertz CT molecular complexity index is 828. The second-order valence-electron chi connectivity index (χ2n) is 6.65. The van der Waals surface area contributed by atoms with Crippen molar-refractivity contribution in [3.8, 4) is 11.1 Å². The average molecular weight is 353 g/mol. The van der Waals surface area contributed by atoms with E-state index in [1.807, 2.05) is 6.07 Å². The zero-order valence-electron chi connectivity index (χ0n) is 14.7. The summed E-state index contributed by atoms with van der Waals surface area (Å²) < 4.78 is 0. The number of primary amides is 1. The summed E-state index contributed by atoms with van der Waals surface area (Å²) in [6.45, 7) is 1.97. The van der Waals surface area contributed by atoms with Crippen molar-refractivity contribution < 1.29 is 9.59 Å². The molecule has 0 atom stereocenters. The number of carbonyl (C=O) groups excluding carboxylic acids is 2. The predicted octanol–water partition coefficient (Wildman–Crippen LogP) is 1.25. The van der Waals surface area contributed by atoms with Crippen molar-refractivity contribution in [1.82, 2.24) is 15.2 Å². The molecule has 0 saturated carbocycles. The molecule has 1 aliphatic heterocycles. The lowest BCUT2D eigenvalue weighted by molar-refractivity contribution is 0.0916. The van der Waals surface area contributed by atoms with Crippen LogP contribution < -0.4 is 16.8 Å². The van der Waals surface area contributed by atoms with Crippen molar-refractivity contribution in [3.05, 3.63) is 47.7 Å². The van der Waals surface area contributed by atoms with Gasteiger partial charge in [0.15, 0.2) is 0 Å². The number of pyridine rings is 1. The van der Waals surface area contributed by atoms with Crippen LogP contribution in [0.25, 0.3) is 11.1 Å². The van der Waals surface area contributed by atoms with Crippen LogP contribution in [-0.4, -0.2) is 47.9 Å². The molecular formula is C19H23N5O2. The summed E-state index contributed by atoms with van der Waals surface area (Å²) in [5, 5.41) is 3.10. The standard InChI is InChI=1S/C19H23N5O2/c1-24-7-5-15(6-8-24)23-19(26)13-4-2-3-12(9-13)14-10-16(18(21)25)17(20)22-11-14/h2-4,9-11,15H,5-8H2,1H3,(H2,20,22)(H2,21,25)(H,23,26). The molecule has 5 N–H and O–H groups in total. The van der Waals surface area contributed by atoms with Gasteiger partial charge < -0.3 is 21.7 Å². The minimum atomic E-state index is -0.631. The largest absolute Gasteiger partial charge is 0.383 e. The van der Waals surface area contributed by atoms with Gasteiger partial charge in [-0.1, -0.05) is 12.1 Å². The van der Waals surface area contributed by atoms with E-state index >= 15 is 0 Å². The number of nitrogens with two attached hydrogens (primary N) is 2. The minimum absolute atomic E-state index is 0.0948. The number of carbonyl (C=O) groups is 2. The third-order valence-electron chi connectivity index (χ3n) is 4.70. The SMILES string of the molecule is CN1CCC(NC(=O)c2cccc(-c3cnc(N)c(C(N)=O)c3)c2)CC1. The Morgan fingerprint density at radius 3 is 2.62 bits per heavy atom. The summed E-state index contributed by atoms with van der Waals surface area (Å²) in [5.74, 6) is -0.634. The Balaban J connectivity index is 1.79. The first-order valence-electron chi connectivity index (χ1n) is 8.59. The number of nitrogens with zero attached hydrogens (tertiary/aromatic N) is 2. The van der Waals surface area contributed by atoms with Crippen LogP contribution in [0.15, 0.2) is 36.5 Å². The zero-order valence-corrected chi connectivity index (χ0v) is 14.7. The molecule has 136 valence electrons. The molecule has 0 spiro atoms. The predicted molar refractivity (Wildman–Crippen MR) is 101 cm³/mol. The van der Waals surface area contributed by atoms with Gasteiger partial charge in [0, 0.05) is 23.4 Å². The number of aromatic nitrogens is 1. The van der Waals surface area contributed by atoms with Crippen molar-refractivity contribution in [2.75, 3.05) is 25.9 Å². The van der Waals surface area contributed by atoms with E-state index in [-0.39, 0.29) is 23.3 Å². The zero-order chi connectivity index (χ0) is 18.7. The van der Waals surface area contributed by atoms with Crippen LogP contribution in [0.4, 0.5) is 5.82 Å². The van der Waals surface area contributed by atoms with Crippen LogP contribution in [-0.2, 0) is 0 Å². The van der Waals surface area contributed by atoms with Gasteiger partial charge in [0.1, 0.15) is 5.82 Å². The van der Waals surface area contributed by atoms with Crippen molar-refractivity contribution in [2.45, 2.75) is 18.9 Å². The van der Waals surface area contributed by atoms with E-state index in [2.05, 4.69) is 22.2 Å². The van der Waals surface area contributed by atoms with E-state index in [4.69, 9.17) is 11.5 Å². The number of nitrogens with one attached hydrogen (secondary N) is 1. The lowest BCUT2D eigenvalue weighted by atomic mass is 10.0. The topological polar surface area (TPSA) is 114 Å². The normalized spacial score (nSPS) is 15.6. The van der Waals surface area contributed by atoms with E-state index in [1.165, 1.54) is 0 Å². The Labute approximate surface area is 152 Å². The molecule has 3 rings (SSSR count). The molecular weight excluding hydrogens is 330 g/mol. The van der Waals surface area contributed by atoms with E-state index in [9.17, 15) is 9.59 Å². The summed E-state index contributed by atoms with van der Waals surface area (Å²) in [7, 11) is 2.09. The Kier molecular flexibility index (Phi) is 5.18. The number of hydrogen-bond acceptors (Lipinski definition) is 5. The fourth-order valence-electron chi connectivity index (χ4n) is 3.09. The summed E-state index contributed by atoms with van der Waals surface area (Å²) in [6, 6.07) is 9.00. The number of benzene rings is 1. The van der Waals surface area contributed by atoms with Crippen molar-refractivity contribution in [2.24, 2.45) is 5.73 Å². The first-order valence-corrected chi connectivity index (χ1v) is 8.59. The van der Waals surface area contributed by atoms with Gasteiger partial charge in [0.25, 0.3) is 11.8 Å². The number of rotatable bonds is 4. The van der Waals surface area contributed by atoms with E-state index in [1.54, 1.807) is 30.5 Å². The molecule has 1 saturated heterocycles. The molecule has 7 heteroatoms. The second-order valence-corrected chi connectivity index (χ2v) is 6.65. The van der Waals surface area contributed by atoms with Gasteiger partial charge in [0.2, 0.25) is 0 Å². The molecule has 0 unspecified atom stereocenters. The molecule has 1 aliphatic rings. The maximum Gasteiger partial charge on any atom is 0.252 e. The van der Waals surface area contributed by atoms with Gasteiger partial charge >= 0.3 is 0 Å². The molecule has 1 aromatic heterocycles. The minimum Gasteiger partial charge on any atom is -0.383 e. The molecule has 2 amide bonds. The van der Waals surface area contributed by atoms with Crippen molar-refractivity contribution in [1.29, 1.82) is 0 Å². The first kappa shape index (κ1) is 17.9. The van der Waals surface area contributed by atoms with Gasteiger partial charge in [0.05, 0.1) is 5.56 Å². The number of amides is 2. The molecule has 0 bridgehead atoms. The van der Waals surface area contributed by atoms with Crippen LogP contribution in [0.3, 0.4) is 0 Å². The third-order valence-corrected chi connectivity index (χ3v) is 4.70. The molecule has 0 aliphatic carbocycles. The number of anilines is 1. The van der Waals surface area contributed by atoms with Gasteiger partial charge in [-0.3, -0.25) is 9.59 Å². The van der Waals surface area contributed by atoms with Crippen LogP contribution in [0.2, 0.25) is 0 Å². The quantitative estimate of drug-likeness (QED) is 0.765. The number of piperidine rings is 1. The number of hydrogen-bond donors (Lipinski definition) is 3. The van der Waals surface area contributed by atoms with Crippen LogP contribution in [0, 0.1) is 0 Å². The first-order chi connectivity index (χ1) is 12.4. The van der Waals surface area contributed by atoms with Crippen molar-refractivity contribution >= 4 is 17.6 Å². The molecule has 2 heterocycles. The third kappa shape index (κ3) is 4.00. The summed E-state index contributed by atoms with van der Waals surface area (Å²) in [6.07, 6.45) is 3.47. The number of nitrogen functional groups attached to an aromatic ring is 1. The maximum absolute atomic E-state index is 12.6. The molecule has 2 aromatic rings. The van der Waals surface area contributed by atoms with E-state index in [0.29, 0.717) is 11.1 Å². The lowest BCUT2D eigenvalue weighted by Gasteiger charge is -2.29. The Morgan fingerprint density at radius 1 is 1.19 bits per heavy atom. The molecule has 1 aromatic carbocycles. The van der Waals surface area contributed by atoms with Gasteiger partial charge in [-0.15, -0.1) is 0 Å². The maximum atomic E-state index is 12.6. The smallest absolute Gasteiger partial charge is 0.252 e. The van der Waals surface area contributed by atoms with Gasteiger partial charge in [-0.25, -0.2) is 4.98 Å². The highest BCUT2D eigenvalue weighted by molar-refractivity contribution is 5.99. The van der Waals surface area contributed by atoms with Crippen LogP contribution in [0.1, 0.15) is 33.6 Å². The van der Waals surface area contributed by atoms with E-state index < -0.39 is 5.91 Å². The lowest BCUT2D eigenvalue weighted by Crippen LogP contribution is -2.43. The monoisotopic (exact) mass is 353 g/mol. The molecule has 0 radical (unpaired) electrons. The molecule has 7 nitrogen and oxygen atoms in total. The summed E-state index contributed by atoms with van der Waals surface area (Å²) in [4.78, 5) is 30.3. The highest BCUT2D eigenvalue weighted by Gasteiger charge is 2.19. The van der Waals surface area contributed by atoms with Crippen molar-refractivity contribution in [3.63, 3.8) is 0 Å². The Morgan fingerprint density at radius 2 is 1.92 bits per heavy atom. The van der Waals surface area contributed by atoms with Gasteiger partial charge in [-0.2, -0.15) is 0 Å². The average Bonchev–Trinajstić information content (AvgIpc) is 2.64. The second kappa shape index (κ2) is 7.53. The van der Waals surface area contributed by atoms with Gasteiger partial charge in [-0.05, 0) is 56.7 Å².